The molecule has 2 aromatic rings. The normalized spacial score (nSPS) is 14.0. The summed E-state index contributed by atoms with van der Waals surface area (Å²) in [5.74, 6) is 1.08. The molecule has 1 amide bonds. The number of amides is 1. The van der Waals surface area contributed by atoms with E-state index in [1.54, 1.807) is 24.4 Å². The summed E-state index contributed by atoms with van der Waals surface area (Å²) >= 11 is 0. The molecule has 1 aliphatic heterocycles. The minimum Gasteiger partial charge on any atom is -0.482 e. The number of ether oxygens (including phenoxy) is 1. The molecular formula is C18H17N3O3. The molecule has 24 heavy (non-hydrogen) atoms. The van der Waals surface area contributed by atoms with E-state index in [-0.39, 0.29) is 12.5 Å². The Kier molecular flexibility index (Phi) is 4.47. The molecule has 0 spiro atoms. The zero-order valence-electron chi connectivity index (χ0n) is 13.2. The molecule has 0 fully saturated rings. The Morgan fingerprint density at radius 2 is 2.33 bits per heavy atom. The van der Waals surface area contributed by atoms with Crippen LogP contribution >= 0.6 is 0 Å². The van der Waals surface area contributed by atoms with Crippen LogP contribution in [0.3, 0.4) is 0 Å². The van der Waals surface area contributed by atoms with Gasteiger partial charge in [-0.05, 0) is 19.1 Å². The molecule has 122 valence electrons. The van der Waals surface area contributed by atoms with Gasteiger partial charge in [0.15, 0.2) is 12.4 Å². The lowest BCUT2D eigenvalue weighted by atomic mass is 10.2. The minimum absolute atomic E-state index is 0.0126. The Labute approximate surface area is 139 Å². The van der Waals surface area contributed by atoms with Gasteiger partial charge in [0.25, 0.3) is 11.9 Å². The quantitative estimate of drug-likeness (QED) is 0.816. The van der Waals surface area contributed by atoms with Gasteiger partial charge in [0.2, 0.25) is 0 Å². The maximum Gasteiger partial charge on any atom is 0.299 e. The molecule has 1 aliphatic rings. The van der Waals surface area contributed by atoms with E-state index in [0.717, 1.165) is 11.3 Å². The molecule has 6 nitrogen and oxygen atoms in total. The topological polar surface area (TPSA) is 76.4 Å². The van der Waals surface area contributed by atoms with Crippen molar-refractivity contribution < 1.29 is 13.9 Å². The van der Waals surface area contributed by atoms with Crippen molar-refractivity contribution in [2.75, 3.05) is 17.2 Å². The predicted molar refractivity (Wildman–Crippen MR) is 93.3 cm³/mol. The van der Waals surface area contributed by atoms with Crippen LogP contribution in [-0.2, 0) is 4.79 Å². The fourth-order valence-corrected chi connectivity index (χ4v) is 2.27. The maximum absolute atomic E-state index is 11.3. The van der Waals surface area contributed by atoms with Crippen LogP contribution in [0.2, 0.25) is 0 Å². The van der Waals surface area contributed by atoms with Crippen molar-refractivity contribution in [2.45, 2.75) is 6.92 Å². The van der Waals surface area contributed by atoms with Gasteiger partial charge >= 0.3 is 0 Å². The third-order valence-corrected chi connectivity index (χ3v) is 3.30. The molecule has 0 saturated heterocycles. The zero-order valence-corrected chi connectivity index (χ0v) is 13.2. The molecule has 0 unspecified atom stereocenters. The van der Waals surface area contributed by atoms with Crippen LogP contribution in [0.1, 0.15) is 12.7 Å². The van der Waals surface area contributed by atoms with Gasteiger partial charge in [0.1, 0.15) is 5.75 Å². The lowest BCUT2D eigenvalue weighted by Gasteiger charge is -2.18. The second-order valence-corrected chi connectivity index (χ2v) is 5.06. The Morgan fingerprint density at radius 1 is 1.46 bits per heavy atom. The van der Waals surface area contributed by atoms with Gasteiger partial charge in [0, 0.05) is 17.3 Å². The number of nitrogens with one attached hydrogen (secondary N) is 2. The second kappa shape index (κ2) is 6.87. The van der Waals surface area contributed by atoms with Crippen LogP contribution in [0.25, 0.3) is 5.57 Å². The number of hydrogen-bond donors (Lipinski definition) is 2. The molecule has 1 aromatic heterocycles. The summed E-state index contributed by atoms with van der Waals surface area (Å²) in [6.07, 6.45) is 9.02. The average Bonchev–Trinajstić information content (AvgIpc) is 3.03. The van der Waals surface area contributed by atoms with Crippen LogP contribution in [0.4, 0.5) is 17.4 Å². The SMILES string of the molecule is C=C/C=C(\C=C/C)c1cnc(Nc2ccc3c(c2)OCC(=O)N3)o1. The van der Waals surface area contributed by atoms with Crippen molar-refractivity contribution in [3.8, 4) is 5.75 Å². The van der Waals surface area contributed by atoms with Gasteiger partial charge in [-0.2, -0.15) is 0 Å². The average molecular weight is 323 g/mol. The van der Waals surface area contributed by atoms with E-state index in [1.807, 2.05) is 31.2 Å². The van der Waals surface area contributed by atoms with Crippen LogP contribution in [-0.4, -0.2) is 17.5 Å². The molecule has 0 radical (unpaired) electrons. The summed E-state index contributed by atoms with van der Waals surface area (Å²) in [6, 6.07) is 5.72. The lowest BCUT2D eigenvalue weighted by molar-refractivity contribution is -0.118. The third kappa shape index (κ3) is 3.38. The molecule has 2 N–H and O–H groups in total. The highest BCUT2D eigenvalue weighted by Gasteiger charge is 2.16. The molecule has 0 bridgehead atoms. The Hall–Kier alpha value is -3.28. The van der Waals surface area contributed by atoms with Gasteiger partial charge in [-0.15, -0.1) is 0 Å². The monoisotopic (exact) mass is 323 g/mol. The first-order chi connectivity index (χ1) is 11.7. The van der Waals surface area contributed by atoms with Crippen molar-refractivity contribution in [1.82, 2.24) is 4.98 Å². The summed E-state index contributed by atoms with van der Waals surface area (Å²) in [7, 11) is 0. The molecular weight excluding hydrogens is 306 g/mol. The van der Waals surface area contributed by atoms with E-state index < -0.39 is 0 Å². The van der Waals surface area contributed by atoms with E-state index in [2.05, 4.69) is 22.2 Å². The first-order valence-electron chi connectivity index (χ1n) is 7.45. The number of carbonyl (C=O) groups is 1. The zero-order chi connectivity index (χ0) is 16.9. The first kappa shape index (κ1) is 15.6. The van der Waals surface area contributed by atoms with Gasteiger partial charge in [0.05, 0.1) is 11.9 Å². The van der Waals surface area contributed by atoms with Crippen LogP contribution < -0.4 is 15.4 Å². The first-order valence-corrected chi connectivity index (χ1v) is 7.45. The van der Waals surface area contributed by atoms with Crippen LogP contribution in [0.15, 0.2) is 59.7 Å². The second-order valence-electron chi connectivity index (χ2n) is 5.06. The molecule has 0 saturated carbocycles. The highest BCUT2D eigenvalue weighted by atomic mass is 16.5. The van der Waals surface area contributed by atoms with Gasteiger partial charge < -0.3 is 19.8 Å². The van der Waals surface area contributed by atoms with Crippen molar-refractivity contribution in [2.24, 2.45) is 0 Å². The summed E-state index contributed by atoms with van der Waals surface area (Å²) in [6.45, 7) is 5.64. The number of aromatic nitrogens is 1. The number of benzene rings is 1. The van der Waals surface area contributed by atoms with Crippen LogP contribution in [0.5, 0.6) is 5.75 Å². The highest BCUT2D eigenvalue weighted by molar-refractivity contribution is 5.95. The Balaban J connectivity index is 1.79. The molecule has 6 heteroatoms. The largest absolute Gasteiger partial charge is 0.482 e. The molecule has 3 rings (SSSR count). The maximum atomic E-state index is 11.3. The fourth-order valence-electron chi connectivity index (χ4n) is 2.27. The van der Waals surface area contributed by atoms with E-state index in [4.69, 9.17) is 9.15 Å². The summed E-state index contributed by atoms with van der Waals surface area (Å²) < 4.78 is 11.1. The van der Waals surface area contributed by atoms with Crippen molar-refractivity contribution in [1.29, 1.82) is 0 Å². The summed E-state index contributed by atoms with van der Waals surface area (Å²) in [5, 5.41) is 5.82. The number of anilines is 3. The van der Waals surface area contributed by atoms with E-state index in [1.165, 1.54) is 0 Å². The summed E-state index contributed by atoms with van der Waals surface area (Å²) in [5.41, 5.74) is 2.28. The van der Waals surface area contributed by atoms with Crippen molar-refractivity contribution in [3.63, 3.8) is 0 Å². The van der Waals surface area contributed by atoms with E-state index in [9.17, 15) is 4.79 Å². The number of oxazole rings is 1. The van der Waals surface area contributed by atoms with Crippen molar-refractivity contribution >= 4 is 28.9 Å². The number of rotatable bonds is 5. The third-order valence-electron chi connectivity index (χ3n) is 3.30. The highest BCUT2D eigenvalue weighted by Crippen LogP contribution is 2.32. The number of allylic oxidation sites excluding steroid dienone is 5. The number of hydrogen-bond acceptors (Lipinski definition) is 5. The van der Waals surface area contributed by atoms with E-state index in [0.29, 0.717) is 23.2 Å². The Bertz CT molecular complexity index is 834. The number of fused-ring (bicyclic) bond motifs is 1. The lowest BCUT2D eigenvalue weighted by Crippen LogP contribution is -2.25. The predicted octanol–water partition coefficient (Wildman–Crippen LogP) is 3.89. The molecule has 1 aromatic carbocycles. The summed E-state index contributed by atoms with van der Waals surface area (Å²) in [4.78, 5) is 15.5. The van der Waals surface area contributed by atoms with Gasteiger partial charge in [-0.3, -0.25) is 4.79 Å². The molecule has 0 atom stereocenters. The number of nitrogens with zero attached hydrogens (tertiary/aromatic N) is 1. The van der Waals surface area contributed by atoms with E-state index >= 15 is 0 Å². The number of carbonyl (C=O) groups excluding carboxylic acids is 1. The Morgan fingerprint density at radius 3 is 3.12 bits per heavy atom. The van der Waals surface area contributed by atoms with Gasteiger partial charge in [-0.25, -0.2) is 4.98 Å². The smallest absolute Gasteiger partial charge is 0.299 e. The van der Waals surface area contributed by atoms with Crippen LogP contribution in [0, 0.1) is 0 Å². The molecule has 2 heterocycles. The molecule has 0 aliphatic carbocycles. The van der Waals surface area contributed by atoms with Gasteiger partial charge in [-0.1, -0.05) is 30.9 Å². The minimum atomic E-state index is -0.161. The standard InChI is InChI=1S/C18H17N3O3/c1-3-5-12(6-4-2)16-10-19-18(24-16)20-13-7-8-14-15(9-13)23-11-17(22)21-14/h3-10H,1,11H2,2H3,(H,19,20)(H,21,22)/b6-4-,12-5+. The van der Waals surface area contributed by atoms with Crippen molar-refractivity contribution in [3.05, 3.63) is 61.0 Å². The fraction of sp³-hybridized carbons (Fsp3) is 0.111.